The molecule has 36 valence electrons. The Kier molecular flexibility index (Phi) is 4.99. The molecule has 0 aliphatic heterocycles. The van der Waals surface area contributed by atoms with Crippen LogP contribution in [-0.4, -0.2) is 0 Å². The monoisotopic (exact) mass is 110 g/mol. The van der Waals surface area contributed by atoms with Crippen LogP contribution >= 0.6 is 11.8 Å². The van der Waals surface area contributed by atoms with Gasteiger partial charge in [0.2, 0.25) is 0 Å². The Balaban J connectivity index is 3.27. The number of hydrogen-bond donors (Lipinski definition) is 0. The smallest absolute Gasteiger partial charge is 0.0253 e. The van der Waals surface area contributed by atoms with Gasteiger partial charge in [0, 0.05) is 5.41 Å². The van der Waals surface area contributed by atoms with E-state index in [4.69, 9.17) is 0 Å². The first-order valence-electron chi connectivity index (χ1n) is 1.83. The molecule has 0 aliphatic rings. The van der Waals surface area contributed by atoms with Crippen molar-refractivity contribution in [3.05, 3.63) is 17.7 Å². The zero-order valence-electron chi connectivity index (χ0n) is 4.19. The maximum Gasteiger partial charge on any atom is 0.0253 e. The van der Waals surface area contributed by atoms with Gasteiger partial charge in [0.1, 0.15) is 0 Å². The van der Waals surface area contributed by atoms with Gasteiger partial charge in [-0.15, -0.1) is 5.73 Å². The fourth-order valence-corrected chi connectivity index (χ4v) is 0.390. The summed E-state index contributed by atoms with van der Waals surface area (Å²) < 4.78 is 0. The predicted octanol–water partition coefficient (Wildman–Crippen LogP) is 2.00. The highest BCUT2D eigenvalue weighted by Crippen LogP contribution is 1.94. The second-order valence-electron chi connectivity index (χ2n) is 0.792. The Morgan fingerprint density at radius 3 is 2.86 bits per heavy atom. The summed E-state index contributed by atoms with van der Waals surface area (Å²) >= 11 is 1.39. The van der Waals surface area contributed by atoms with E-state index >= 15 is 0 Å². The topological polar surface area (TPSA) is 0 Å². The van der Waals surface area contributed by atoms with E-state index in [9.17, 15) is 0 Å². The SMILES string of the molecule is C=C=CSC#CC. The molecular formula is C6H6S. The lowest BCUT2D eigenvalue weighted by atomic mass is 10.8. The van der Waals surface area contributed by atoms with Gasteiger partial charge in [-0.3, -0.25) is 0 Å². The molecule has 0 N–H and O–H groups in total. The van der Waals surface area contributed by atoms with E-state index in [2.05, 4.69) is 23.5 Å². The summed E-state index contributed by atoms with van der Waals surface area (Å²) in [5.41, 5.74) is 2.59. The van der Waals surface area contributed by atoms with Crippen LogP contribution in [0.4, 0.5) is 0 Å². The average molecular weight is 110 g/mol. The van der Waals surface area contributed by atoms with Crippen molar-refractivity contribution in [3.8, 4) is 11.2 Å². The fourth-order valence-electron chi connectivity index (χ4n) is 0.130. The van der Waals surface area contributed by atoms with Crippen molar-refractivity contribution < 1.29 is 0 Å². The van der Waals surface area contributed by atoms with Gasteiger partial charge in [-0.05, 0) is 23.9 Å². The maximum atomic E-state index is 3.36. The summed E-state index contributed by atoms with van der Waals surface area (Å²) in [6, 6.07) is 0. The minimum Gasteiger partial charge on any atom is -0.121 e. The van der Waals surface area contributed by atoms with Gasteiger partial charge < -0.3 is 0 Å². The highest BCUT2D eigenvalue weighted by atomic mass is 32.2. The zero-order valence-corrected chi connectivity index (χ0v) is 5.01. The standard InChI is InChI=1S/C6H6S/c1-3-5-7-6-4-2/h5H,1H2,2H3. The minimum absolute atomic E-state index is 1.39. The Labute approximate surface area is 48.3 Å². The predicted molar refractivity (Wildman–Crippen MR) is 34.8 cm³/mol. The molecule has 0 rings (SSSR count). The molecule has 0 radical (unpaired) electrons. The molecule has 0 fully saturated rings. The summed E-state index contributed by atoms with van der Waals surface area (Å²) in [7, 11) is 0. The van der Waals surface area contributed by atoms with E-state index in [0.717, 1.165) is 0 Å². The molecule has 0 amide bonds. The summed E-state index contributed by atoms with van der Waals surface area (Å²) in [5.74, 6) is 2.72. The largest absolute Gasteiger partial charge is 0.121 e. The van der Waals surface area contributed by atoms with E-state index in [-0.39, 0.29) is 0 Å². The van der Waals surface area contributed by atoms with Gasteiger partial charge in [0.05, 0.1) is 0 Å². The van der Waals surface area contributed by atoms with Crippen LogP contribution in [0.5, 0.6) is 0 Å². The van der Waals surface area contributed by atoms with Crippen LogP contribution in [0.25, 0.3) is 0 Å². The molecule has 7 heavy (non-hydrogen) atoms. The summed E-state index contributed by atoms with van der Waals surface area (Å²) in [6.07, 6.45) is 0. The third-order valence-electron chi connectivity index (χ3n) is 0.303. The van der Waals surface area contributed by atoms with Crippen LogP contribution < -0.4 is 0 Å². The third kappa shape index (κ3) is 5.43. The molecule has 0 aromatic carbocycles. The molecule has 1 heteroatoms. The molecular weight excluding hydrogens is 104 g/mol. The van der Waals surface area contributed by atoms with E-state index < -0.39 is 0 Å². The molecule has 0 aromatic heterocycles. The fraction of sp³-hybridized carbons (Fsp3) is 0.167. The average Bonchev–Trinajstić information content (AvgIpc) is 1.69. The Hall–Kier alpha value is -0.570. The van der Waals surface area contributed by atoms with Crippen LogP contribution in [-0.2, 0) is 0 Å². The highest BCUT2D eigenvalue weighted by Gasteiger charge is 1.58. The molecule has 0 aliphatic carbocycles. The molecule has 0 heterocycles. The molecule has 0 bridgehead atoms. The van der Waals surface area contributed by atoms with Crippen LogP contribution in [0.3, 0.4) is 0 Å². The highest BCUT2D eigenvalue weighted by molar-refractivity contribution is 8.06. The van der Waals surface area contributed by atoms with Gasteiger partial charge in [-0.1, -0.05) is 12.5 Å². The first-order chi connectivity index (χ1) is 3.41. The number of hydrogen-bond acceptors (Lipinski definition) is 1. The summed E-state index contributed by atoms with van der Waals surface area (Å²) in [5, 5.41) is 4.48. The van der Waals surface area contributed by atoms with Crippen LogP contribution in [0.15, 0.2) is 17.7 Å². The summed E-state index contributed by atoms with van der Waals surface area (Å²) in [6.45, 7) is 5.16. The van der Waals surface area contributed by atoms with Crippen LogP contribution in [0, 0.1) is 11.2 Å². The van der Waals surface area contributed by atoms with Crippen molar-refractivity contribution in [3.63, 3.8) is 0 Å². The van der Waals surface area contributed by atoms with Crippen molar-refractivity contribution in [1.82, 2.24) is 0 Å². The van der Waals surface area contributed by atoms with E-state index in [0.29, 0.717) is 0 Å². The van der Waals surface area contributed by atoms with Crippen molar-refractivity contribution in [2.24, 2.45) is 0 Å². The van der Waals surface area contributed by atoms with Gasteiger partial charge >= 0.3 is 0 Å². The Bertz CT molecular complexity index is 130. The van der Waals surface area contributed by atoms with E-state index in [1.807, 2.05) is 0 Å². The van der Waals surface area contributed by atoms with Gasteiger partial charge in [0.15, 0.2) is 0 Å². The lowest BCUT2D eigenvalue weighted by molar-refractivity contribution is 1.94. The Morgan fingerprint density at radius 1 is 1.71 bits per heavy atom. The zero-order chi connectivity index (χ0) is 5.54. The minimum atomic E-state index is 1.39. The van der Waals surface area contributed by atoms with Crippen LogP contribution in [0.2, 0.25) is 0 Å². The normalized spacial score (nSPS) is 5.29. The second kappa shape index (κ2) is 5.43. The lowest BCUT2D eigenvalue weighted by Gasteiger charge is -1.64. The van der Waals surface area contributed by atoms with Gasteiger partial charge in [0.25, 0.3) is 0 Å². The molecule has 0 aromatic rings. The maximum absolute atomic E-state index is 3.36. The summed E-state index contributed by atoms with van der Waals surface area (Å²) in [4.78, 5) is 0. The first-order valence-corrected chi connectivity index (χ1v) is 2.71. The van der Waals surface area contributed by atoms with E-state index in [1.54, 1.807) is 12.3 Å². The number of thioether (sulfide) groups is 1. The van der Waals surface area contributed by atoms with Gasteiger partial charge in [-0.25, -0.2) is 0 Å². The first kappa shape index (κ1) is 6.43. The molecule has 0 saturated carbocycles. The van der Waals surface area contributed by atoms with Gasteiger partial charge in [-0.2, -0.15) is 0 Å². The second-order valence-corrected chi connectivity index (χ2v) is 1.47. The van der Waals surface area contributed by atoms with Crippen molar-refractivity contribution in [2.75, 3.05) is 0 Å². The molecule has 0 spiro atoms. The van der Waals surface area contributed by atoms with Crippen molar-refractivity contribution in [2.45, 2.75) is 6.92 Å². The van der Waals surface area contributed by atoms with Crippen molar-refractivity contribution in [1.29, 1.82) is 0 Å². The number of rotatable bonds is 1. The van der Waals surface area contributed by atoms with E-state index in [1.165, 1.54) is 11.8 Å². The Morgan fingerprint density at radius 2 is 2.43 bits per heavy atom. The lowest BCUT2D eigenvalue weighted by Crippen LogP contribution is -1.37. The molecule has 0 unspecified atom stereocenters. The molecule has 0 atom stereocenters. The molecule has 0 nitrogen and oxygen atoms in total. The van der Waals surface area contributed by atoms with Crippen molar-refractivity contribution >= 4 is 11.8 Å². The molecule has 0 saturated heterocycles. The quantitative estimate of drug-likeness (QED) is 0.367. The van der Waals surface area contributed by atoms with Crippen LogP contribution in [0.1, 0.15) is 6.92 Å². The third-order valence-corrected chi connectivity index (χ3v) is 0.910.